The minimum absolute atomic E-state index is 0.192. The second-order valence-electron chi connectivity index (χ2n) is 4.99. The van der Waals surface area contributed by atoms with Gasteiger partial charge in [0.1, 0.15) is 5.82 Å². The van der Waals surface area contributed by atoms with Gasteiger partial charge in [-0.15, -0.1) is 11.3 Å². The summed E-state index contributed by atoms with van der Waals surface area (Å²) in [4.78, 5) is 1.26. The van der Waals surface area contributed by atoms with Crippen LogP contribution in [0.25, 0.3) is 0 Å². The largest absolute Gasteiger partial charge is 0.305 e. The summed E-state index contributed by atoms with van der Waals surface area (Å²) < 4.78 is 15.2. The lowest BCUT2D eigenvalue weighted by atomic mass is 9.96. The van der Waals surface area contributed by atoms with Crippen LogP contribution in [-0.2, 0) is 6.54 Å². The standard InChI is InChI=1S/C15H16Br2FNS/c1-9(2)14(10-3-5-11(18)6-4-10)19-8-12-7-13(16)15(17)20-12/h3-7,9,14,19H,8H2,1-2H3. The van der Waals surface area contributed by atoms with Gasteiger partial charge < -0.3 is 5.32 Å². The van der Waals surface area contributed by atoms with Gasteiger partial charge in [-0.25, -0.2) is 4.39 Å². The van der Waals surface area contributed by atoms with E-state index in [0.29, 0.717) is 5.92 Å². The van der Waals surface area contributed by atoms with Crippen molar-refractivity contribution < 1.29 is 4.39 Å². The van der Waals surface area contributed by atoms with Crippen LogP contribution in [0, 0.1) is 11.7 Å². The van der Waals surface area contributed by atoms with Gasteiger partial charge >= 0.3 is 0 Å². The predicted octanol–water partition coefficient (Wildman–Crippen LogP) is 5.90. The first kappa shape index (κ1) is 16.1. The summed E-state index contributed by atoms with van der Waals surface area (Å²) in [6.45, 7) is 5.14. The molecule has 20 heavy (non-hydrogen) atoms. The summed E-state index contributed by atoms with van der Waals surface area (Å²) >= 11 is 8.72. The fourth-order valence-electron chi connectivity index (χ4n) is 2.10. The first-order chi connectivity index (χ1) is 9.47. The van der Waals surface area contributed by atoms with Crippen molar-refractivity contribution in [1.82, 2.24) is 5.32 Å². The molecule has 0 aliphatic heterocycles. The van der Waals surface area contributed by atoms with E-state index < -0.39 is 0 Å². The molecule has 0 spiro atoms. The second-order valence-corrected chi connectivity index (χ2v) is 8.30. The lowest BCUT2D eigenvalue weighted by Crippen LogP contribution is -2.25. The van der Waals surface area contributed by atoms with Crippen molar-refractivity contribution in [2.24, 2.45) is 5.92 Å². The molecule has 1 heterocycles. The molecule has 1 unspecified atom stereocenters. The molecule has 0 radical (unpaired) electrons. The van der Waals surface area contributed by atoms with Crippen LogP contribution >= 0.6 is 43.2 Å². The SMILES string of the molecule is CC(C)C(NCc1cc(Br)c(Br)s1)c1ccc(F)cc1. The summed E-state index contributed by atoms with van der Waals surface area (Å²) in [5.74, 6) is 0.245. The second kappa shape index (κ2) is 7.16. The maximum atomic E-state index is 13.0. The zero-order valence-electron chi connectivity index (χ0n) is 11.3. The molecular formula is C15H16Br2FNS. The summed E-state index contributed by atoms with van der Waals surface area (Å²) in [7, 11) is 0. The third-order valence-corrected chi connectivity index (χ3v) is 6.34. The van der Waals surface area contributed by atoms with Gasteiger partial charge in [-0.2, -0.15) is 0 Å². The van der Waals surface area contributed by atoms with Crippen LogP contribution in [0.15, 0.2) is 38.6 Å². The third-order valence-electron chi connectivity index (χ3n) is 3.09. The van der Waals surface area contributed by atoms with Gasteiger partial charge in [-0.1, -0.05) is 26.0 Å². The van der Waals surface area contributed by atoms with Crippen LogP contribution in [0.2, 0.25) is 0 Å². The number of hydrogen-bond donors (Lipinski definition) is 1. The number of thiophene rings is 1. The summed E-state index contributed by atoms with van der Waals surface area (Å²) in [6, 6.07) is 9.08. The van der Waals surface area contributed by atoms with Crippen LogP contribution in [0.5, 0.6) is 0 Å². The average Bonchev–Trinajstić information content (AvgIpc) is 2.71. The molecule has 1 aromatic carbocycles. The highest BCUT2D eigenvalue weighted by Crippen LogP contribution is 2.33. The highest BCUT2D eigenvalue weighted by Gasteiger charge is 2.16. The van der Waals surface area contributed by atoms with Crippen molar-refractivity contribution in [3.05, 3.63) is 54.8 Å². The van der Waals surface area contributed by atoms with Crippen molar-refractivity contribution in [2.45, 2.75) is 26.4 Å². The lowest BCUT2D eigenvalue weighted by Gasteiger charge is -2.22. The number of rotatable bonds is 5. The first-order valence-corrected chi connectivity index (χ1v) is 8.80. The molecule has 0 aliphatic rings. The third kappa shape index (κ3) is 4.13. The predicted molar refractivity (Wildman–Crippen MR) is 90.5 cm³/mol. The van der Waals surface area contributed by atoms with Gasteiger partial charge in [0.2, 0.25) is 0 Å². The summed E-state index contributed by atoms with van der Waals surface area (Å²) in [5.41, 5.74) is 1.12. The fraction of sp³-hybridized carbons (Fsp3) is 0.333. The Hall–Kier alpha value is -0.230. The molecule has 0 bridgehead atoms. The first-order valence-electron chi connectivity index (χ1n) is 6.40. The van der Waals surface area contributed by atoms with E-state index in [1.165, 1.54) is 17.0 Å². The zero-order chi connectivity index (χ0) is 14.7. The maximum absolute atomic E-state index is 13.0. The smallest absolute Gasteiger partial charge is 0.123 e. The van der Waals surface area contributed by atoms with E-state index in [2.05, 4.69) is 57.1 Å². The maximum Gasteiger partial charge on any atom is 0.123 e. The molecule has 0 fully saturated rings. The molecule has 0 amide bonds. The van der Waals surface area contributed by atoms with E-state index in [4.69, 9.17) is 0 Å². The molecule has 108 valence electrons. The Morgan fingerprint density at radius 1 is 1.20 bits per heavy atom. The van der Waals surface area contributed by atoms with E-state index in [1.807, 2.05) is 12.1 Å². The summed E-state index contributed by atoms with van der Waals surface area (Å²) in [5, 5.41) is 3.56. The number of hydrogen-bond acceptors (Lipinski definition) is 2. The van der Waals surface area contributed by atoms with E-state index in [-0.39, 0.29) is 11.9 Å². The van der Waals surface area contributed by atoms with Gasteiger partial charge in [0, 0.05) is 21.9 Å². The van der Waals surface area contributed by atoms with Gasteiger partial charge in [0.05, 0.1) is 3.79 Å². The Morgan fingerprint density at radius 2 is 1.85 bits per heavy atom. The fourth-order valence-corrected chi connectivity index (χ4v) is 4.23. The topological polar surface area (TPSA) is 12.0 Å². The molecule has 2 aromatic rings. The Kier molecular flexibility index (Phi) is 5.78. The van der Waals surface area contributed by atoms with Crippen molar-refractivity contribution in [3.63, 3.8) is 0 Å². The zero-order valence-corrected chi connectivity index (χ0v) is 15.3. The van der Waals surface area contributed by atoms with Crippen LogP contribution in [0.4, 0.5) is 4.39 Å². The van der Waals surface area contributed by atoms with E-state index in [0.717, 1.165) is 20.4 Å². The van der Waals surface area contributed by atoms with E-state index in [9.17, 15) is 4.39 Å². The van der Waals surface area contributed by atoms with Crippen LogP contribution in [0.3, 0.4) is 0 Å². The van der Waals surface area contributed by atoms with Crippen molar-refractivity contribution in [1.29, 1.82) is 0 Å². The van der Waals surface area contributed by atoms with Crippen molar-refractivity contribution >= 4 is 43.2 Å². The number of nitrogens with one attached hydrogen (secondary N) is 1. The molecular weight excluding hydrogens is 405 g/mol. The highest BCUT2D eigenvalue weighted by molar-refractivity contribution is 9.13. The van der Waals surface area contributed by atoms with E-state index in [1.54, 1.807) is 11.3 Å². The molecule has 2 rings (SSSR count). The van der Waals surface area contributed by atoms with Crippen LogP contribution in [-0.4, -0.2) is 0 Å². The van der Waals surface area contributed by atoms with Crippen molar-refractivity contribution in [3.8, 4) is 0 Å². The molecule has 0 saturated heterocycles. The Balaban J connectivity index is 2.08. The minimum atomic E-state index is -0.192. The molecule has 5 heteroatoms. The monoisotopic (exact) mass is 419 g/mol. The average molecular weight is 421 g/mol. The minimum Gasteiger partial charge on any atom is -0.305 e. The molecule has 1 N–H and O–H groups in total. The quantitative estimate of drug-likeness (QED) is 0.634. The molecule has 1 nitrogen and oxygen atoms in total. The Labute approximate surface area is 139 Å². The molecule has 1 aromatic heterocycles. The van der Waals surface area contributed by atoms with Crippen molar-refractivity contribution in [2.75, 3.05) is 0 Å². The summed E-state index contributed by atoms with van der Waals surface area (Å²) in [6.07, 6.45) is 0. The van der Waals surface area contributed by atoms with Crippen LogP contribution < -0.4 is 5.32 Å². The van der Waals surface area contributed by atoms with Gasteiger partial charge in [-0.3, -0.25) is 0 Å². The highest BCUT2D eigenvalue weighted by atomic mass is 79.9. The molecule has 0 aliphatic carbocycles. The van der Waals surface area contributed by atoms with Gasteiger partial charge in [0.25, 0.3) is 0 Å². The van der Waals surface area contributed by atoms with Gasteiger partial charge in [-0.05, 0) is 61.5 Å². The van der Waals surface area contributed by atoms with E-state index >= 15 is 0 Å². The molecule has 0 saturated carbocycles. The van der Waals surface area contributed by atoms with Crippen LogP contribution in [0.1, 0.15) is 30.3 Å². The van der Waals surface area contributed by atoms with Gasteiger partial charge in [0.15, 0.2) is 0 Å². The Morgan fingerprint density at radius 3 is 2.35 bits per heavy atom. The number of benzene rings is 1. The Bertz CT molecular complexity index is 546. The molecule has 1 atom stereocenters. The lowest BCUT2D eigenvalue weighted by molar-refractivity contribution is 0.411. The normalized spacial score (nSPS) is 12.9. The number of halogens is 3.